The van der Waals surface area contributed by atoms with E-state index in [1.807, 2.05) is 68.4 Å². The second-order valence-electron chi connectivity index (χ2n) is 7.59. The predicted octanol–water partition coefficient (Wildman–Crippen LogP) is 5.86. The quantitative estimate of drug-likeness (QED) is 0.415. The van der Waals surface area contributed by atoms with Crippen molar-refractivity contribution in [3.63, 3.8) is 0 Å². The smallest absolute Gasteiger partial charge is 0.343 e. The van der Waals surface area contributed by atoms with Crippen LogP contribution in [0.3, 0.4) is 0 Å². The molecule has 0 spiro atoms. The summed E-state index contributed by atoms with van der Waals surface area (Å²) < 4.78 is 10.8. The molecule has 0 radical (unpaired) electrons. The van der Waals surface area contributed by atoms with Crippen LogP contribution in [0, 0.1) is 13.8 Å². The summed E-state index contributed by atoms with van der Waals surface area (Å²) in [6, 6.07) is 21.6. The maximum atomic E-state index is 12.5. The highest BCUT2D eigenvalue weighted by Gasteiger charge is 2.23. The van der Waals surface area contributed by atoms with Gasteiger partial charge in [0.1, 0.15) is 11.5 Å². The molecule has 28 heavy (non-hydrogen) atoms. The molecule has 3 aromatic carbocycles. The van der Waals surface area contributed by atoms with Crippen LogP contribution in [-0.4, -0.2) is 13.1 Å². The Balaban J connectivity index is 1.78. The van der Waals surface area contributed by atoms with Crippen molar-refractivity contribution < 1.29 is 14.3 Å². The zero-order valence-corrected chi connectivity index (χ0v) is 17.1. The SMILES string of the molecule is COc1ccc(C(C)(C)c2ccc(OC(=O)c3cc(C)ccc3C)cc2)cc1. The molecule has 0 aromatic heterocycles. The van der Waals surface area contributed by atoms with Gasteiger partial charge in [0, 0.05) is 5.41 Å². The molecule has 0 aliphatic carbocycles. The van der Waals surface area contributed by atoms with Crippen molar-refractivity contribution in [1.29, 1.82) is 0 Å². The summed E-state index contributed by atoms with van der Waals surface area (Å²) in [7, 11) is 1.67. The van der Waals surface area contributed by atoms with Gasteiger partial charge in [-0.3, -0.25) is 0 Å². The molecule has 0 N–H and O–H groups in total. The van der Waals surface area contributed by atoms with Crippen molar-refractivity contribution in [3.05, 3.63) is 94.5 Å². The highest BCUT2D eigenvalue weighted by molar-refractivity contribution is 5.92. The number of esters is 1. The lowest BCUT2D eigenvalue weighted by Crippen LogP contribution is -2.18. The van der Waals surface area contributed by atoms with Gasteiger partial charge in [0.15, 0.2) is 0 Å². The Morgan fingerprint density at radius 3 is 1.86 bits per heavy atom. The number of hydrogen-bond donors (Lipinski definition) is 0. The van der Waals surface area contributed by atoms with E-state index in [1.54, 1.807) is 7.11 Å². The maximum absolute atomic E-state index is 12.5. The predicted molar refractivity (Wildman–Crippen MR) is 112 cm³/mol. The molecule has 0 bridgehead atoms. The Hall–Kier alpha value is -3.07. The molecule has 0 saturated carbocycles. The van der Waals surface area contributed by atoms with Crippen LogP contribution in [0.1, 0.15) is 46.5 Å². The molecule has 0 unspecified atom stereocenters. The molecule has 0 saturated heterocycles. The number of methoxy groups -OCH3 is 1. The molecule has 0 aliphatic heterocycles. The average molecular weight is 374 g/mol. The van der Waals surface area contributed by atoms with E-state index in [0.29, 0.717) is 11.3 Å². The summed E-state index contributed by atoms with van der Waals surface area (Å²) >= 11 is 0. The summed E-state index contributed by atoms with van der Waals surface area (Å²) in [6.07, 6.45) is 0. The fourth-order valence-corrected chi connectivity index (χ4v) is 3.23. The first-order chi connectivity index (χ1) is 13.3. The zero-order chi connectivity index (χ0) is 20.3. The number of aryl methyl sites for hydroxylation is 2. The van der Waals surface area contributed by atoms with Crippen molar-refractivity contribution in [1.82, 2.24) is 0 Å². The van der Waals surface area contributed by atoms with E-state index in [9.17, 15) is 4.79 Å². The number of carbonyl (C=O) groups is 1. The minimum atomic E-state index is -0.330. The van der Waals surface area contributed by atoms with Crippen LogP contribution in [-0.2, 0) is 5.41 Å². The Labute approximate surface area is 166 Å². The molecule has 0 amide bonds. The van der Waals surface area contributed by atoms with Gasteiger partial charge in [-0.15, -0.1) is 0 Å². The van der Waals surface area contributed by atoms with Crippen LogP contribution in [0.4, 0.5) is 0 Å². The fraction of sp³-hybridized carbons (Fsp3) is 0.240. The summed E-state index contributed by atoms with van der Waals surface area (Å²) in [5.41, 5.74) is 4.70. The topological polar surface area (TPSA) is 35.5 Å². The molecule has 0 atom stereocenters. The third-order valence-corrected chi connectivity index (χ3v) is 5.21. The highest BCUT2D eigenvalue weighted by atomic mass is 16.5. The largest absolute Gasteiger partial charge is 0.497 e. The van der Waals surface area contributed by atoms with Gasteiger partial charge in [0.25, 0.3) is 0 Å². The van der Waals surface area contributed by atoms with Crippen LogP contribution >= 0.6 is 0 Å². The number of carbonyl (C=O) groups excluding carboxylic acids is 1. The number of ether oxygens (including phenoxy) is 2. The van der Waals surface area contributed by atoms with E-state index in [2.05, 4.69) is 26.0 Å². The average Bonchev–Trinajstić information content (AvgIpc) is 2.70. The molecular formula is C25H26O3. The first-order valence-electron chi connectivity index (χ1n) is 9.36. The third kappa shape index (κ3) is 4.09. The van der Waals surface area contributed by atoms with E-state index in [4.69, 9.17) is 9.47 Å². The summed E-state index contributed by atoms with van der Waals surface area (Å²) in [6.45, 7) is 8.22. The van der Waals surface area contributed by atoms with Crippen LogP contribution in [0.25, 0.3) is 0 Å². The molecule has 3 heteroatoms. The van der Waals surface area contributed by atoms with E-state index in [0.717, 1.165) is 22.4 Å². The van der Waals surface area contributed by atoms with Gasteiger partial charge in [-0.05, 0) is 60.9 Å². The number of rotatable bonds is 5. The van der Waals surface area contributed by atoms with Crippen LogP contribution < -0.4 is 9.47 Å². The Morgan fingerprint density at radius 1 is 0.786 bits per heavy atom. The number of hydrogen-bond acceptors (Lipinski definition) is 3. The van der Waals surface area contributed by atoms with Crippen LogP contribution in [0.5, 0.6) is 11.5 Å². The molecule has 144 valence electrons. The zero-order valence-electron chi connectivity index (χ0n) is 17.1. The lowest BCUT2D eigenvalue weighted by Gasteiger charge is -2.26. The van der Waals surface area contributed by atoms with E-state index >= 15 is 0 Å². The molecule has 0 heterocycles. The second-order valence-corrected chi connectivity index (χ2v) is 7.59. The summed E-state index contributed by atoms with van der Waals surface area (Å²) in [4.78, 5) is 12.5. The van der Waals surface area contributed by atoms with Gasteiger partial charge < -0.3 is 9.47 Å². The van der Waals surface area contributed by atoms with Crippen molar-refractivity contribution in [2.24, 2.45) is 0 Å². The standard InChI is InChI=1S/C25H26O3/c1-17-6-7-18(2)23(16-17)24(26)28-22-14-10-20(11-15-22)25(3,4)19-8-12-21(27-5)13-9-19/h6-16H,1-5H3. The minimum Gasteiger partial charge on any atom is -0.497 e. The molecule has 0 fully saturated rings. The van der Waals surface area contributed by atoms with Crippen molar-refractivity contribution in [2.75, 3.05) is 7.11 Å². The van der Waals surface area contributed by atoms with Gasteiger partial charge in [-0.25, -0.2) is 4.79 Å². The summed E-state index contributed by atoms with van der Waals surface area (Å²) in [5.74, 6) is 1.05. The van der Waals surface area contributed by atoms with Crippen molar-refractivity contribution in [2.45, 2.75) is 33.1 Å². The van der Waals surface area contributed by atoms with Crippen molar-refractivity contribution in [3.8, 4) is 11.5 Å². The van der Waals surface area contributed by atoms with Gasteiger partial charge in [-0.1, -0.05) is 55.8 Å². The third-order valence-electron chi connectivity index (χ3n) is 5.21. The Kier molecular flexibility index (Phi) is 5.55. The highest BCUT2D eigenvalue weighted by Crippen LogP contribution is 2.33. The monoisotopic (exact) mass is 374 g/mol. The van der Waals surface area contributed by atoms with E-state index in [-0.39, 0.29) is 11.4 Å². The second kappa shape index (κ2) is 7.89. The van der Waals surface area contributed by atoms with Gasteiger partial charge >= 0.3 is 5.97 Å². The summed E-state index contributed by atoms with van der Waals surface area (Å²) in [5, 5.41) is 0. The van der Waals surface area contributed by atoms with Crippen molar-refractivity contribution >= 4 is 5.97 Å². The number of benzene rings is 3. The van der Waals surface area contributed by atoms with Gasteiger partial charge in [-0.2, -0.15) is 0 Å². The van der Waals surface area contributed by atoms with Crippen LogP contribution in [0.15, 0.2) is 66.7 Å². The Bertz CT molecular complexity index is 968. The molecule has 3 nitrogen and oxygen atoms in total. The van der Waals surface area contributed by atoms with Gasteiger partial charge in [0.05, 0.1) is 12.7 Å². The first-order valence-corrected chi connectivity index (χ1v) is 9.36. The lowest BCUT2D eigenvalue weighted by atomic mass is 9.78. The van der Waals surface area contributed by atoms with Gasteiger partial charge in [0.2, 0.25) is 0 Å². The molecule has 0 aliphatic rings. The van der Waals surface area contributed by atoms with E-state index < -0.39 is 0 Å². The van der Waals surface area contributed by atoms with Crippen LogP contribution in [0.2, 0.25) is 0 Å². The Morgan fingerprint density at radius 2 is 1.32 bits per heavy atom. The fourth-order valence-electron chi connectivity index (χ4n) is 3.23. The minimum absolute atomic E-state index is 0.179. The molecule has 3 aromatic rings. The van der Waals surface area contributed by atoms with E-state index in [1.165, 1.54) is 5.56 Å². The first kappa shape index (κ1) is 19.7. The maximum Gasteiger partial charge on any atom is 0.343 e. The molecule has 3 rings (SSSR count). The molecular weight excluding hydrogens is 348 g/mol. The lowest BCUT2D eigenvalue weighted by molar-refractivity contribution is 0.0734. The normalized spacial score (nSPS) is 11.2.